The van der Waals surface area contributed by atoms with E-state index in [-0.39, 0.29) is 6.03 Å². The second-order valence-corrected chi connectivity index (χ2v) is 5.44. The second kappa shape index (κ2) is 7.71. The van der Waals surface area contributed by atoms with Crippen LogP contribution in [0.1, 0.15) is 19.0 Å². The van der Waals surface area contributed by atoms with E-state index < -0.39 is 6.10 Å². The number of hydrogen-bond acceptors (Lipinski definition) is 4. The summed E-state index contributed by atoms with van der Waals surface area (Å²) in [6, 6.07) is 9.18. The molecule has 1 aromatic carbocycles. The lowest BCUT2D eigenvalue weighted by Gasteiger charge is -2.14. The number of benzene rings is 1. The summed E-state index contributed by atoms with van der Waals surface area (Å²) in [5.41, 5.74) is 2.99. The van der Waals surface area contributed by atoms with Gasteiger partial charge in [-0.25, -0.2) is 9.68 Å². The molecule has 0 fully saturated rings. The lowest BCUT2D eigenvalue weighted by molar-refractivity contribution is -0.269. The first-order valence-electron chi connectivity index (χ1n) is 7.38. The molecule has 1 heterocycles. The second-order valence-electron chi connectivity index (χ2n) is 5.44. The number of aryl methyl sites for hydroxylation is 1. The van der Waals surface area contributed by atoms with Crippen LogP contribution >= 0.6 is 0 Å². The van der Waals surface area contributed by atoms with Crippen LogP contribution in [0.3, 0.4) is 0 Å². The number of fused-ring (bicyclic) bond motifs is 1. The zero-order valence-corrected chi connectivity index (χ0v) is 13.3. The highest BCUT2D eigenvalue weighted by molar-refractivity contribution is 5.99. The molecule has 0 aliphatic heterocycles. The third-order valence-corrected chi connectivity index (χ3v) is 3.48. The van der Waals surface area contributed by atoms with Gasteiger partial charge in [-0.15, -0.1) is 0 Å². The molecule has 3 N–H and O–H groups in total. The Bertz CT molecular complexity index is 715. The number of nitrogens with one attached hydrogen (secondary N) is 2. The van der Waals surface area contributed by atoms with Crippen molar-refractivity contribution in [2.75, 3.05) is 11.9 Å². The number of urea groups is 1. The summed E-state index contributed by atoms with van der Waals surface area (Å²) in [5.74, 6) is 0. The van der Waals surface area contributed by atoms with Crippen molar-refractivity contribution in [2.45, 2.75) is 26.4 Å². The summed E-state index contributed by atoms with van der Waals surface area (Å²) in [6.07, 6.45) is -0.0521. The summed E-state index contributed by atoms with van der Waals surface area (Å²) in [4.78, 5) is 20.8. The molecular formula is C17H21N3O3. The Labute approximate surface area is 135 Å². The maximum Gasteiger partial charge on any atom is 0.319 e. The van der Waals surface area contributed by atoms with E-state index in [9.17, 15) is 4.79 Å². The van der Waals surface area contributed by atoms with Gasteiger partial charge in [-0.3, -0.25) is 10.2 Å². The molecular weight excluding hydrogens is 294 g/mol. The van der Waals surface area contributed by atoms with Crippen molar-refractivity contribution in [1.82, 2.24) is 10.3 Å². The molecule has 23 heavy (non-hydrogen) atoms. The molecule has 0 radical (unpaired) electrons. The topological polar surface area (TPSA) is 83.5 Å². The van der Waals surface area contributed by atoms with Crippen LogP contribution in [-0.2, 0) is 4.89 Å². The van der Waals surface area contributed by atoms with Crippen molar-refractivity contribution in [3.05, 3.63) is 48.2 Å². The summed E-state index contributed by atoms with van der Waals surface area (Å²) >= 11 is 0. The van der Waals surface area contributed by atoms with Gasteiger partial charge < -0.3 is 10.6 Å². The van der Waals surface area contributed by atoms with E-state index in [1.807, 2.05) is 37.3 Å². The van der Waals surface area contributed by atoms with Gasteiger partial charge in [0.2, 0.25) is 0 Å². The standard InChI is InChI=1S/C17H21N3O3/c1-11(2)15(23-22)9-10-18-17(21)20-14-6-4-5-13-8-7-12(3)19-16(13)14/h4-8,15,22H,1,9-10H2,2-3H3,(H2,18,20,21). The molecule has 6 heteroatoms. The molecule has 2 aromatic rings. The van der Waals surface area contributed by atoms with Crippen molar-refractivity contribution < 1.29 is 14.9 Å². The number of carbonyl (C=O) groups is 1. The van der Waals surface area contributed by atoms with Gasteiger partial charge in [-0.1, -0.05) is 24.8 Å². The van der Waals surface area contributed by atoms with Gasteiger partial charge in [-0.05, 0) is 38.0 Å². The average molecular weight is 315 g/mol. The fraction of sp³-hybridized carbons (Fsp3) is 0.294. The van der Waals surface area contributed by atoms with Crippen molar-refractivity contribution >= 4 is 22.6 Å². The monoisotopic (exact) mass is 315 g/mol. The highest BCUT2D eigenvalue weighted by Crippen LogP contribution is 2.21. The van der Waals surface area contributed by atoms with Gasteiger partial charge in [-0.2, -0.15) is 0 Å². The molecule has 0 spiro atoms. The Kier molecular flexibility index (Phi) is 5.67. The first-order valence-corrected chi connectivity index (χ1v) is 7.38. The first kappa shape index (κ1) is 16.9. The molecule has 122 valence electrons. The van der Waals surface area contributed by atoms with Gasteiger partial charge >= 0.3 is 6.03 Å². The molecule has 0 saturated carbocycles. The molecule has 2 rings (SSSR count). The number of rotatable bonds is 6. The van der Waals surface area contributed by atoms with Crippen LogP contribution in [-0.4, -0.2) is 28.9 Å². The van der Waals surface area contributed by atoms with Crippen molar-refractivity contribution in [1.29, 1.82) is 0 Å². The maximum absolute atomic E-state index is 12.0. The van der Waals surface area contributed by atoms with E-state index in [2.05, 4.69) is 27.1 Å². The molecule has 0 aliphatic rings. The molecule has 1 unspecified atom stereocenters. The molecule has 2 amide bonds. The Morgan fingerprint density at radius 3 is 2.87 bits per heavy atom. The van der Waals surface area contributed by atoms with Crippen LogP contribution in [0.4, 0.5) is 10.5 Å². The number of para-hydroxylation sites is 1. The molecule has 0 saturated heterocycles. The van der Waals surface area contributed by atoms with E-state index in [0.717, 1.165) is 16.6 Å². The number of pyridine rings is 1. The fourth-order valence-electron chi connectivity index (χ4n) is 2.22. The largest absolute Gasteiger partial charge is 0.338 e. The Hall–Kier alpha value is -2.44. The number of aromatic nitrogens is 1. The minimum Gasteiger partial charge on any atom is -0.338 e. The quantitative estimate of drug-likeness (QED) is 0.433. The van der Waals surface area contributed by atoms with E-state index in [1.165, 1.54) is 0 Å². The number of amides is 2. The van der Waals surface area contributed by atoms with Crippen LogP contribution in [0.5, 0.6) is 0 Å². The van der Waals surface area contributed by atoms with Gasteiger partial charge in [0.1, 0.15) is 6.10 Å². The van der Waals surface area contributed by atoms with E-state index in [0.29, 0.717) is 24.2 Å². The molecule has 0 aliphatic carbocycles. The lowest BCUT2D eigenvalue weighted by Crippen LogP contribution is -2.32. The number of nitrogens with zero attached hydrogens (tertiary/aromatic N) is 1. The Morgan fingerprint density at radius 1 is 1.39 bits per heavy atom. The summed E-state index contributed by atoms with van der Waals surface area (Å²) in [6.45, 7) is 7.72. The lowest BCUT2D eigenvalue weighted by atomic mass is 10.1. The number of hydrogen-bond donors (Lipinski definition) is 3. The zero-order valence-electron chi connectivity index (χ0n) is 13.3. The predicted molar refractivity (Wildman–Crippen MR) is 90.4 cm³/mol. The van der Waals surface area contributed by atoms with Gasteiger partial charge in [0.15, 0.2) is 0 Å². The highest BCUT2D eigenvalue weighted by Gasteiger charge is 2.11. The van der Waals surface area contributed by atoms with Gasteiger partial charge in [0, 0.05) is 17.6 Å². The van der Waals surface area contributed by atoms with Crippen molar-refractivity contribution in [3.8, 4) is 0 Å². The minimum atomic E-state index is -0.489. The Balaban J connectivity index is 1.98. The van der Waals surface area contributed by atoms with Crippen molar-refractivity contribution in [2.24, 2.45) is 0 Å². The van der Waals surface area contributed by atoms with E-state index in [4.69, 9.17) is 5.26 Å². The highest BCUT2D eigenvalue weighted by atomic mass is 17.1. The van der Waals surface area contributed by atoms with Gasteiger partial charge in [0.05, 0.1) is 11.2 Å². The normalized spacial score (nSPS) is 12.0. The molecule has 1 atom stereocenters. The van der Waals surface area contributed by atoms with Crippen LogP contribution in [0.25, 0.3) is 10.9 Å². The average Bonchev–Trinajstić information content (AvgIpc) is 2.52. The van der Waals surface area contributed by atoms with Crippen molar-refractivity contribution in [3.63, 3.8) is 0 Å². The minimum absolute atomic E-state index is 0.334. The van der Waals surface area contributed by atoms with Gasteiger partial charge in [0.25, 0.3) is 0 Å². The van der Waals surface area contributed by atoms with Crippen LogP contribution in [0, 0.1) is 6.92 Å². The number of carbonyl (C=O) groups excluding carboxylic acids is 1. The molecule has 0 bridgehead atoms. The molecule has 6 nitrogen and oxygen atoms in total. The third-order valence-electron chi connectivity index (χ3n) is 3.48. The third kappa shape index (κ3) is 4.51. The SMILES string of the molecule is C=C(C)C(CCNC(=O)Nc1cccc2ccc(C)nc12)OO. The van der Waals surface area contributed by atoms with Crippen LogP contribution in [0.15, 0.2) is 42.5 Å². The first-order chi connectivity index (χ1) is 11.0. The van der Waals surface area contributed by atoms with E-state index in [1.54, 1.807) is 6.92 Å². The zero-order chi connectivity index (χ0) is 16.8. The van der Waals surface area contributed by atoms with Crippen LogP contribution < -0.4 is 10.6 Å². The van der Waals surface area contributed by atoms with E-state index >= 15 is 0 Å². The summed E-state index contributed by atoms with van der Waals surface area (Å²) in [7, 11) is 0. The molecule has 1 aromatic heterocycles. The fourth-order valence-corrected chi connectivity index (χ4v) is 2.22. The predicted octanol–water partition coefficient (Wildman–Crippen LogP) is 3.49. The summed E-state index contributed by atoms with van der Waals surface area (Å²) in [5, 5.41) is 15.2. The van der Waals surface area contributed by atoms with Crippen LogP contribution in [0.2, 0.25) is 0 Å². The number of anilines is 1. The maximum atomic E-state index is 12.0. The Morgan fingerprint density at radius 2 is 2.17 bits per heavy atom. The smallest absolute Gasteiger partial charge is 0.319 e. The summed E-state index contributed by atoms with van der Waals surface area (Å²) < 4.78 is 0.